The van der Waals surface area contributed by atoms with Crippen LogP contribution in [0.15, 0.2) is 42.7 Å². The van der Waals surface area contributed by atoms with Crippen molar-refractivity contribution in [2.45, 2.75) is 26.6 Å². The summed E-state index contributed by atoms with van der Waals surface area (Å²) >= 11 is 0. The molecule has 2 rings (SSSR count). The van der Waals surface area contributed by atoms with Gasteiger partial charge >= 0.3 is 0 Å². The average Bonchev–Trinajstić information content (AvgIpc) is 2.80. The van der Waals surface area contributed by atoms with E-state index in [-0.39, 0.29) is 5.82 Å². The summed E-state index contributed by atoms with van der Waals surface area (Å²) in [5.74, 6) is -0.186. The summed E-state index contributed by atoms with van der Waals surface area (Å²) in [5, 5.41) is 3.34. The Morgan fingerprint density at radius 1 is 1.06 bits per heavy atom. The molecular weight excluding hydrogens is 215 g/mol. The maximum Gasteiger partial charge on any atom is 0.123 e. The summed E-state index contributed by atoms with van der Waals surface area (Å²) in [7, 11) is 0. The van der Waals surface area contributed by atoms with Gasteiger partial charge in [0.05, 0.1) is 0 Å². The minimum atomic E-state index is -0.186. The summed E-state index contributed by atoms with van der Waals surface area (Å²) < 4.78 is 14.8. The molecule has 0 amide bonds. The molecule has 2 nitrogen and oxygen atoms in total. The Labute approximate surface area is 101 Å². The number of benzene rings is 1. The van der Waals surface area contributed by atoms with Gasteiger partial charge < -0.3 is 9.88 Å². The Morgan fingerprint density at radius 3 is 2.41 bits per heavy atom. The van der Waals surface area contributed by atoms with E-state index in [4.69, 9.17) is 0 Å². The zero-order valence-electron chi connectivity index (χ0n) is 9.99. The average molecular weight is 232 g/mol. The van der Waals surface area contributed by atoms with Gasteiger partial charge in [-0.1, -0.05) is 12.1 Å². The van der Waals surface area contributed by atoms with E-state index in [0.717, 1.165) is 25.2 Å². The summed E-state index contributed by atoms with van der Waals surface area (Å²) in [6.45, 7) is 4.72. The van der Waals surface area contributed by atoms with Crippen LogP contribution in [0.4, 0.5) is 4.39 Å². The largest absolute Gasteiger partial charge is 0.354 e. The van der Waals surface area contributed by atoms with Crippen LogP contribution in [-0.4, -0.2) is 4.57 Å². The van der Waals surface area contributed by atoms with Crippen LogP contribution in [0.3, 0.4) is 0 Å². The molecule has 0 aliphatic rings. The smallest absolute Gasteiger partial charge is 0.123 e. The summed E-state index contributed by atoms with van der Waals surface area (Å²) in [4.78, 5) is 0. The Morgan fingerprint density at radius 2 is 1.76 bits per heavy atom. The number of aromatic nitrogens is 1. The molecule has 0 radical (unpaired) electrons. The SMILES string of the molecule is CCn1ccc(CNCc2ccc(F)cc2)c1. The fourth-order valence-electron chi connectivity index (χ4n) is 1.75. The lowest BCUT2D eigenvalue weighted by Crippen LogP contribution is -2.12. The number of aryl methyl sites for hydroxylation is 1. The van der Waals surface area contributed by atoms with Crippen molar-refractivity contribution in [2.24, 2.45) is 0 Å². The monoisotopic (exact) mass is 232 g/mol. The van der Waals surface area contributed by atoms with Crippen molar-refractivity contribution in [3.63, 3.8) is 0 Å². The predicted octanol–water partition coefficient (Wildman–Crippen LogP) is 2.94. The number of nitrogens with zero attached hydrogens (tertiary/aromatic N) is 1. The molecule has 1 heterocycles. The molecule has 1 N–H and O–H groups in total. The van der Waals surface area contributed by atoms with Gasteiger partial charge in [0.25, 0.3) is 0 Å². The fraction of sp³-hybridized carbons (Fsp3) is 0.286. The van der Waals surface area contributed by atoms with Crippen molar-refractivity contribution in [1.82, 2.24) is 9.88 Å². The highest BCUT2D eigenvalue weighted by Gasteiger charge is 1.97. The first-order valence-corrected chi connectivity index (χ1v) is 5.87. The van der Waals surface area contributed by atoms with Gasteiger partial charge in [-0.05, 0) is 36.2 Å². The standard InChI is InChI=1S/C14H17FN2/c1-2-17-8-7-13(11-17)10-16-9-12-3-5-14(15)6-4-12/h3-8,11,16H,2,9-10H2,1H3. The van der Waals surface area contributed by atoms with Gasteiger partial charge in [0.2, 0.25) is 0 Å². The summed E-state index contributed by atoms with van der Waals surface area (Å²) in [6, 6.07) is 8.70. The van der Waals surface area contributed by atoms with Crippen LogP contribution in [0.25, 0.3) is 0 Å². The highest BCUT2D eigenvalue weighted by molar-refractivity contribution is 5.16. The van der Waals surface area contributed by atoms with E-state index < -0.39 is 0 Å². The van der Waals surface area contributed by atoms with Crippen molar-refractivity contribution in [1.29, 1.82) is 0 Å². The van der Waals surface area contributed by atoms with E-state index in [0.29, 0.717) is 0 Å². The van der Waals surface area contributed by atoms with Crippen LogP contribution < -0.4 is 5.32 Å². The molecule has 2 aromatic rings. The van der Waals surface area contributed by atoms with Crippen molar-refractivity contribution in [3.05, 3.63) is 59.7 Å². The van der Waals surface area contributed by atoms with E-state index in [1.165, 1.54) is 17.7 Å². The minimum Gasteiger partial charge on any atom is -0.354 e. The number of rotatable bonds is 5. The first-order chi connectivity index (χ1) is 8.28. The van der Waals surface area contributed by atoms with E-state index in [9.17, 15) is 4.39 Å². The van der Waals surface area contributed by atoms with Crippen molar-refractivity contribution < 1.29 is 4.39 Å². The molecule has 17 heavy (non-hydrogen) atoms. The van der Waals surface area contributed by atoms with Gasteiger partial charge in [-0.2, -0.15) is 0 Å². The van der Waals surface area contributed by atoms with E-state index >= 15 is 0 Å². The van der Waals surface area contributed by atoms with Crippen molar-refractivity contribution in [2.75, 3.05) is 0 Å². The van der Waals surface area contributed by atoms with Crippen molar-refractivity contribution >= 4 is 0 Å². The number of hydrogen-bond acceptors (Lipinski definition) is 1. The van der Waals surface area contributed by atoms with Gasteiger partial charge in [0, 0.05) is 32.0 Å². The zero-order chi connectivity index (χ0) is 12.1. The third-order valence-corrected chi connectivity index (χ3v) is 2.75. The molecule has 0 saturated carbocycles. The first-order valence-electron chi connectivity index (χ1n) is 5.87. The van der Waals surface area contributed by atoms with Gasteiger partial charge in [0.1, 0.15) is 5.82 Å². The molecule has 0 fully saturated rings. The van der Waals surface area contributed by atoms with Crippen LogP contribution in [0.5, 0.6) is 0 Å². The Balaban J connectivity index is 1.81. The van der Waals surface area contributed by atoms with E-state index in [1.54, 1.807) is 12.1 Å². The van der Waals surface area contributed by atoms with E-state index in [1.807, 2.05) is 0 Å². The molecule has 0 bridgehead atoms. The van der Waals surface area contributed by atoms with Crippen LogP contribution >= 0.6 is 0 Å². The summed E-state index contributed by atoms with van der Waals surface area (Å²) in [6.07, 6.45) is 4.21. The Hall–Kier alpha value is -1.61. The minimum absolute atomic E-state index is 0.186. The maximum atomic E-state index is 12.7. The zero-order valence-corrected chi connectivity index (χ0v) is 9.99. The quantitative estimate of drug-likeness (QED) is 0.838. The number of halogens is 1. The van der Waals surface area contributed by atoms with Crippen LogP contribution in [0, 0.1) is 5.82 Å². The lowest BCUT2D eigenvalue weighted by Gasteiger charge is -2.03. The molecule has 0 atom stereocenters. The number of hydrogen-bond donors (Lipinski definition) is 1. The van der Waals surface area contributed by atoms with E-state index in [2.05, 4.69) is 35.3 Å². The lowest BCUT2D eigenvalue weighted by molar-refractivity contribution is 0.625. The number of nitrogens with one attached hydrogen (secondary N) is 1. The normalized spacial score (nSPS) is 10.7. The van der Waals surface area contributed by atoms with Gasteiger partial charge in [0.15, 0.2) is 0 Å². The second-order valence-corrected chi connectivity index (χ2v) is 4.08. The fourth-order valence-corrected chi connectivity index (χ4v) is 1.75. The van der Waals surface area contributed by atoms with Gasteiger partial charge in [-0.25, -0.2) is 4.39 Å². The topological polar surface area (TPSA) is 17.0 Å². The van der Waals surface area contributed by atoms with Gasteiger partial charge in [-0.3, -0.25) is 0 Å². The maximum absolute atomic E-state index is 12.7. The highest BCUT2D eigenvalue weighted by atomic mass is 19.1. The third kappa shape index (κ3) is 3.43. The molecule has 0 saturated heterocycles. The molecule has 3 heteroatoms. The molecule has 1 aromatic carbocycles. The van der Waals surface area contributed by atoms with Gasteiger partial charge in [-0.15, -0.1) is 0 Å². The lowest BCUT2D eigenvalue weighted by atomic mass is 10.2. The van der Waals surface area contributed by atoms with Crippen molar-refractivity contribution in [3.8, 4) is 0 Å². The predicted molar refractivity (Wildman–Crippen MR) is 67.0 cm³/mol. The summed E-state index contributed by atoms with van der Waals surface area (Å²) in [5.41, 5.74) is 2.37. The Kier molecular flexibility index (Phi) is 3.94. The molecular formula is C14H17FN2. The highest BCUT2D eigenvalue weighted by Crippen LogP contribution is 2.04. The second kappa shape index (κ2) is 5.64. The third-order valence-electron chi connectivity index (χ3n) is 2.75. The van der Waals surface area contributed by atoms with Crippen LogP contribution in [0.1, 0.15) is 18.1 Å². The molecule has 0 aliphatic heterocycles. The van der Waals surface area contributed by atoms with Crippen LogP contribution in [-0.2, 0) is 19.6 Å². The Bertz CT molecular complexity index is 459. The van der Waals surface area contributed by atoms with Crippen LogP contribution in [0.2, 0.25) is 0 Å². The molecule has 0 aliphatic carbocycles. The molecule has 1 aromatic heterocycles. The molecule has 90 valence electrons. The molecule has 0 unspecified atom stereocenters. The molecule has 0 spiro atoms. The first kappa shape index (κ1) is 11.9. The second-order valence-electron chi connectivity index (χ2n) is 4.08.